The Bertz CT molecular complexity index is 365. The molecule has 0 saturated carbocycles. The van der Waals surface area contributed by atoms with Gasteiger partial charge in [-0.15, -0.1) is 0 Å². The van der Waals surface area contributed by atoms with Crippen LogP contribution in [0.25, 0.3) is 0 Å². The van der Waals surface area contributed by atoms with Gasteiger partial charge >= 0.3 is 0 Å². The maximum atomic E-state index is 9.47. The lowest BCUT2D eigenvalue weighted by Gasteiger charge is -2.33. The fraction of sp³-hybridized carbons (Fsp3) is 0.571. The summed E-state index contributed by atoms with van der Waals surface area (Å²) in [5.41, 5.74) is 1.19. The first-order chi connectivity index (χ1) is 8.79. The number of nitrogens with one attached hydrogen (secondary N) is 1. The molecule has 0 radical (unpaired) electrons. The Morgan fingerprint density at radius 2 is 2.17 bits per heavy atom. The second-order valence-corrected chi connectivity index (χ2v) is 4.75. The molecule has 1 unspecified atom stereocenters. The maximum Gasteiger partial charge on any atom is 0.119 e. The number of piperazine rings is 1. The van der Waals surface area contributed by atoms with Gasteiger partial charge in [-0.25, -0.2) is 0 Å². The Morgan fingerprint density at radius 1 is 1.39 bits per heavy atom. The van der Waals surface area contributed by atoms with Crippen molar-refractivity contribution in [3.05, 3.63) is 29.8 Å². The molecule has 0 aromatic heterocycles. The maximum absolute atomic E-state index is 9.47. The van der Waals surface area contributed by atoms with Crippen LogP contribution in [0.5, 0.6) is 5.75 Å². The summed E-state index contributed by atoms with van der Waals surface area (Å²) in [5, 5.41) is 12.8. The number of nitrogens with zero attached hydrogens (tertiary/aromatic N) is 1. The third-order valence-corrected chi connectivity index (χ3v) is 3.31. The van der Waals surface area contributed by atoms with Crippen LogP contribution in [-0.2, 0) is 0 Å². The molecule has 0 bridgehead atoms. The van der Waals surface area contributed by atoms with Crippen LogP contribution in [0.1, 0.15) is 5.56 Å². The van der Waals surface area contributed by atoms with Crippen molar-refractivity contribution in [2.45, 2.75) is 13.0 Å². The summed E-state index contributed by atoms with van der Waals surface area (Å²) in [4.78, 5) is 2.28. The SMILES string of the molecule is Cc1cccc(OCC(CO)N2CCNCC2)c1. The van der Waals surface area contributed by atoms with Crippen molar-refractivity contribution >= 4 is 0 Å². The van der Waals surface area contributed by atoms with Gasteiger partial charge in [0.25, 0.3) is 0 Å². The van der Waals surface area contributed by atoms with Crippen LogP contribution < -0.4 is 10.1 Å². The van der Waals surface area contributed by atoms with Crippen LogP contribution in [-0.4, -0.2) is 55.4 Å². The molecule has 18 heavy (non-hydrogen) atoms. The molecule has 2 N–H and O–H groups in total. The molecule has 100 valence electrons. The first-order valence-corrected chi connectivity index (χ1v) is 6.54. The van der Waals surface area contributed by atoms with Crippen molar-refractivity contribution in [1.29, 1.82) is 0 Å². The highest BCUT2D eigenvalue weighted by molar-refractivity contribution is 5.27. The average Bonchev–Trinajstić information content (AvgIpc) is 2.41. The molecule has 1 fully saturated rings. The van der Waals surface area contributed by atoms with Gasteiger partial charge in [-0.05, 0) is 24.6 Å². The van der Waals surface area contributed by atoms with E-state index >= 15 is 0 Å². The van der Waals surface area contributed by atoms with E-state index in [0.717, 1.165) is 31.9 Å². The predicted octanol–water partition coefficient (Wildman–Crippen LogP) is 0.640. The number of aryl methyl sites for hydroxylation is 1. The van der Waals surface area contributed by atoms with E-state index in [0.29, 0.717) is 6.61 Å². The Kier molecular flexibility index (Phi) is 4.99. The zero-order valence-electron chi connectivity index (χ0n) is 10.9. The van der Waals surface area contributed by atoms with E-state index in [1.807, 2.05) is 31.2 Å². The number of aliphatic hydroxyl groups excluding tert-OH is 1. The number of rotatable bonds is 5. The Hall–Kier alpha value is -1.10. The molecule has 1 atom stereocenters. The first kappa shape index (κ1) is 13.3. The van der Waals surface area contributed by atoms with E-state index in [9.17, 15) is 5.11 Å². The van der Waals surface area contributed by atoms with Crippen LogP contribution in [0.15, 0.2) is 24.3 Å². The molecular weight excluding hydrogens is 228 g/mol. The van der Waals surface area contributed by atoms with Gasteiger partial charge in [0.1, 0.15) is 12.4 Å². The van der Waals surface area contributed by atoms with Crippen molar-refractivity contribution in [2.75, 3.05) is 39.4 Å². The number of benzene rings is 1. The summed E-state index contributed by atoms with van der Waals surface area (Å²) in [5.74, 6) is 0.878. The molecule has 1 aromatic rings. The molecule has 1 aliphatic rings. The smallest absolute Gasteiger partial charge is 0.119 e. The number of hydrogen-bond acceptors (Lipinski definition) is 4. The van der Waals surface area contributed by atoms with Crippen LogP contribution in [0.2, 0.25) is 0 Å². The van der Waals surface area contributed by atoms with E-state index < -0.39 is 0 Å². The number of aliphatic hydroxyl groups is 1. The Morgan fingerprint density at radius 3 is 2.83 bits per heavy atom. The highest BCUT2D eigenvalue weighted by atomic mass is 16.5. The molecule has 1 aliphatic heterocycles. The van der Waals surface area contributed by atoms with Gasteiger partial charge in [0.15, 0.2) is 0 Å². The van der Waals surface area contributed by atoms with Crippen LogP contribution >= 0.6 is 0 Å². The second-order valence-electron chi connectivity index (χ2n) is 4.75. The second kappa shape index (κ2) is 6.73. The molecule has 1 heterocycles. The van der Waals surface area contributed by atoms with E-state index in [-0.39, 0.29) is 12.6 Å². The van der Waals surface area contributed by atoms with Crippen LogP contribution in [0.4, 0.5) is 0 Å². The van der Waals surface area contributed by atoms with Crippen LogP contribution in [0.3, 0.4) is 0 Å². The van der Waals surface area contributed by atoms with Gasteiger partial charge in [-0.2, -0.15) is 0 Å². The fourth-order valence-corrected chi connectivity index (χ4v) is 2.22. The Labute approximate surface area is 109 Å². The van der Waals surface area contributed by atoms with Crippen molar-refractivity contribution in [1.82, 2.24) is 10.2 Å². The summed E-state index contributed by atoms with van der Waals surface area (Å²) in [6.45, 7) is 6.66. The third kappa shape index (κ3) is 3.70. The normalized spacial score (nSPS) is 18.6. The molecule has 0 amide bonds. The third-order valence-electron chi connectivity index (χ3n) is 3.31. The zero-order chi connectivity index (χ0) is 12.8. The van der Waals surface area contributed by atoms with Gasteiger partial charge < -0.3 is 15.2 Å². The minimum atomic E-state index is 0.0904. The van der Waals surface area contributed by atoms with E-state index in [1.54, 1.807) is 0 Å². The molecule has 2 rings (SSSR count). The Balaban J connectivity index is 1.86. The van der Waals surface area contributed by atoms with Gasteiger partial charge in [0.2, 0.25) is 0 Å². The molecule has 0 aliphatic carbocycles. The van der Waals surface area contributed by atoms with Crippen molar-refractivity contribution in [3.8, 4) is 5.75 Å². The minimum Gasteiger partial charge on any atom is -0.492 e. The lowest BCUT2D eigenvalue weighted by Crippen LogP contribution is -2.51. The van der Waals surface area contributed by atoms with Gasteiger partial charge in [0.05, 0.1) is 12.6 Å². The summed E-state index contributed by atoms with van der Waals surface area (Å²) >= 11 is 0. The monoisotopic (exact) mass is 250 g/mol. The lowest BCUT2D eigenvalue weighted by molar-refractivity contribution is 0.0734. The largest absolute Gasteiger partial charge is 0.492 e. The minimum absolute atomic E-state index is 0.0904. The summed E-state index contributed by atoms with van der Waals surface area (Å²) in [7, 11) is 0. The molecule has 1 saturated heterocycles. The first-order valence-electron chi connectivity index (χ1n) is 6.54. The van der Waals surface area contributed by atoms with Crippen molar-refractivity contribution in [2.24, 2.45) is 0 Å². The predicted molar refractivity (Wildman–Crippen MR) is 72.0 cm³/mol. The summed E-state index contributed by atoms with van der Waals surface area (Å²) < 4.78 is 5.77. The number of hydrogen-bond donors (Lipinski definition) is 2. The standard InChI is InChI=1S/C14H22N2O2/c1-12-3-2-4-14(9-12)18-11-13(10-17)16-7-5-15-6-8-16/h2-4,9,13,15,17H,5-8,10-11H2,1H3. The van der Waals surface area contributed by atoms with E-state index in [1.165, 1.54) is 5.56 Å². The van der Waals surface area contributed by atoms with Gasteiger partial charge in [-0.3, -0.25) is 4.90 Å². The highest BCUT2D eigenvalue weighted by Gasteiger charge is 2.20. The quantitative estimate of drug-likeness (QED) is 0.805. The lowest BCUT2D eigenvalue weighted by atomic mass is 10.2. The van der Waals surface area contributed by atoms with Crippen molar-refractivity contribution < 1.29 is 9.84 Å². The molecule has 4 heteroatoms. The molecule has 4 nitrogen and oxygen atoms in total. The topological polar surface area (TPSA) is 44.7 Å². The fourth-order valence-electron chi connectivity index (χ4n) is 2.22. The van der Waals surface area contributed by atoms with E-state index in [4.69, 9.17) is 4.74 Å². The van der Waals surface area contributed by atoms with Gasteiger partial charge in [-0.1, -0.05) is 12.1 Å². The summed E-state index contributed by atoms with van der Waals surface area (Å²) in [6.07, 6.45) is 0. The van der Waals surface area contributed by atoms with Crippen molar-refractivity contribution in [3.63, 3.8) is 0 Å². The van der Waals surface area contributed by atoms with Gasteiger partial charge in [0, 0.05) is 26.2 Å². The molecular formula is C14H22N2O2. The zero-order valence-corrected chi connectivity index (χ0v) is 10.9. The molecule has 1 aromatic carbocycles. The number of ether oxygens (including phenoxy) is 1. The average molecular weight is 250 g/mol. The van der Waals surface area contributed by atoms with Crippen LogP contribution in [0, 0.1) is 6.92 Å². The molecule has 0 spiro atoms. The van der Waals surface area contributed by atoms with E-state index in [2.05, 4.69) is 10.2 Å². The summed E-state index contributed by atoms with van der Waals surface area (Å²) in [6, 6.07) is 8.11. The highest BCUT2D eigenvalue weighted by Crippen LogP contribution is 2.13.